The molecule has 0 aromatic carbocycles. The Morgan fingerprint density at radius 3 is 2.75 bits per heavy atom. The molecule has 0 bridgehead atoms. The van der Waals surface area contributed by atoms with E-state index in [2.05, 4.69) is 35.0 Å². The Hall–Kier alpha value is -1.35. The predicted octanol–water partition coefficient (Wildman–Crippen LogP) is 2.26. The maximum Gasteiger partial charge on any atom is 0.128 e. The Kier molecular flexibility index (Phi) is 3.25. The Bertz CT molecular complexity index is 379. The standard InChI is InChI=1S/C13H19N3/c1-10-5-7-16(8-6-10)13-4-3-12(9-15-13)11(2)14/h3-5,9,11H,6-8,14H2,1-2H3. The molecule has 1 aliphatic rings. The van der Waals surface area contributed by atoms with Gasteiger partial charge in [-0.15, -0.1) is 0 Å². The minimum Gasteiger partial charge on any atom is -0.353 e. The first-order valence-corrected chi connectivity index (χ1v) is 5.79. The first-order valence-electron chi connectivity index (χ1n) is 5.79. The van der Waals surface area contributed by atoms with Crippen LogP contribution in [0.4, 0.5) is 5.82 Å². The SMILES string of the molecule is CC1=CCN(c2ccc(C(C)N)cn2)CC1. The Morgan fingerprint density at radius 1 is 1.44 bits per heavy atom. The average molecular weight is 217 g/mol. The van der Waals surface area contributed by atoms with Gasteiger partial charge in [-0.05, 0) is 31.9 Å². The zero-order chi connectivity index (χ0) is 11.5. The molecule has 1 unspecified atom stereocenters. The van der Waals surface area contributed by atoms with E-state index in [0.29, 0.717) is 0 Å². The van der Waals surface area contributed by atoms with Gasteiger partial charge in [0.05, 0.1) is 0 Å². The largest absolute Gasteiger partial charge is 0.353 e. The summed E-state index contributed by atoms with van der Waals surface area (Å²) >= 11 is 0. The number of nitrogens with zero attached hydrogens (tertiary/aromatic N) is 2. The summed E-state index contributed by atoms with van der Waals surface area (Å²) < 4.78 is 0. The number of hydrogen-bond acceptors (Lipinski definition) is 3. The van der Waals surface area contributed by atoms with Gasteiger partial charge in [0.15, 0.2) is 0 Å². The van der Waals surface area contributed by atoms with Crippen LogP contribution in [0.1, 0.15) is 31.9 Å². The fourth-order valence-electron chi connectivity index (χ4n) is 1.83. The van der Waals surface area contributed by atoms with Gasteiger partial charge >= 0.3 is 0 Å². The van der Waals surface area contributed by atoms with Gasteiger partial charge in [0, 0.05) is 25.3 Å². The molecule has 3 nitrogen and oxygen atoms in total. The van der Waals surface area contributed by atoms with Crippen LogP contribution >= 0.6 is 0 Å². The average Bonchev–Trinajstić information content (AvgIpc) is 2.30. The Labute approximate surface area is 97.0 Å². The second-order valence-corrected chi connectivity index (χ2v) is 4.48. The first-order chi connectivity index (χ1) is 7.66. The normalized spacial score (nSPS) is 18.2. The number of anilines is 1. The summed E-state index contributed by atoms with van der Waals surface area (Å²) in [6.45, 7) is 6.19. The smallest absolute Gasteiger partial charge is 0.128 e. The summed E-state index contributed by atoms with van der Waals surface area (Å²) in [5.41, 5.74) is 8.36. The van der Waals surface area contributed by atoms with Gasteiger partial charge in [-0.2, -0.15) is 0 Å². The van der Waals surface area contributed by atoms with E-state index in [-0.39, 0.29) is 6.04 Å². The molecule has 0 radical (unpaired) electrons. The van der Waals surface area contributed by atoms with E-state index in [1.807, 2.05) is 13.1 Å². The Balaban J connectivity index is 2.10. The van der Waals surface area contributed by atoms with Crippen molar-refractivity contribution in [3.63, 3.8) is 0 Å². The molecule has 0 spiro atoms. The van der Waals surface area contributed by atoms with Crippen molar-refractivity contribution in [1.29, 1.82) is 0 Å². The summed E-state index contributed by atoms with van der Waals surface area (Å²) in [4.78, 5) is 6.75. The summed E-state index contributed by atoms with van der Waals surface area (Å²) in [6.07, 6.45) is 5.28. The highest BCUT2D eigenvalue weighted by Gasteiger charge is 2.11. The molecule has 3 heteroatoms. The van der Waals surface area contributed by atoms with Gasteiger partial charge in [-0.25, -0.2) is 4.98 Å². The third-order valence-corrected chi connectivity index (χ3v) is 3.06. The number of rotatable bonds is 2. The lowest BCUT2D eigenvalue weighted by molar-refractivity contribution is 0.768. The highest BCUT2D eigenvalue weighted by molar-refractivity contribution is 5.42. The number of nitrogens with two attached hydrogens (primary N) is 1. The summed E-state index contributed by atoms with van der Waals surface area (Å²) in [6, 6.07) is 4.19. The van der Waals surface area contributed by atoms with Crippen molar-refractivity contribution in [2.75, 3.05) is 18.0 Å². The van der Waals surface area contributed by atoms with Crippen LogP contribution in [0, 0.1) is 0 Å². The molecule has 1 atom stereocenters. The first kappa shape index (κ1) is 11.1. The van der Waals surface area contributed by atoms with E-state index in [1.165, 1.54) is 5.57 Å². The number of aromatic nitrogens is 1. The van der Waals surface area contributed by atoms with Crippen LogP contribution in [0.25, 0.3) is 0 Å². The molecule has 1 aliphatic heterocycles. The van der Waals surface area contributed by atoms with E-state index in [4.69, 9.17) is 5.73 Å². The van der Waals surface area contributed by atoms with Crippen LogP contribution in [0.15, 0.2) is 30.0 Å². The maximum atomic E-state index is 5.80. The summed E-state index contributed by atoms with van der Waals surface area (Å²) in [5, 5.41) is 0. The monoisotopic (exact) mass is 217 g/mol. The van der Waals surface area contributed by atoms with Gasteiger partial charge in [-0.3, -0.25) is 0 Å². The minimum atomic E-state index is 0.0602. The lowest BCUT2D eigenvalue weighted by Crippen LogP contribution is -2.28. The van der Waals surface area contributed by atoms with Gasteiger partial charge in [0.2, 0.25) is 0 Å². The molecule has 1 aromatic rings. The number of pyridine rings is 1. The van der Waals surface area contributed by atoms with Crippen molar-refractivity contribution in [2.24, 2.45) is 5.73 Å². The van der Waals surface area contributed by atoms with Crippen LogP contribution in [-0.4, -0.2) is 18.1 Å². The van der Waals surface area contributed by atoms with Crippen LogP contribution in [0.5, 0.6) is 0 Å². The quantitative estimate of drug-likeness (QED) is 0.773. The molecule has 2 rings (SSSR count). The van der Waals surface area contributed by atoms with Gasteiger partial charge in [-0.1, -0.05) is 17.7 Å². The minimum absolute atomic E-state index is 0.0602. The zero-order valence-corrected chi connectivity index (χ0v) is 9.98. The molecule has 2 N–H and O–H groups in total. The molecular weight excluding hydrogens is 198 g/mol. The fraction of sp³-hybridized carbons (Fsp3) is 0.462. The van der Waals surface area contributed by atoms with Crippen molar-refractivity contribution < 1.29 is 0 Å². The lowest BCUT2D eigenvalue weighted by Gasteiger charge is -2.26. The molecule has 0 aliphatic carbocycles. The fourth-order valence-corrected chi connectivity index (χ4v) is 1.83. The molecule has 0 saturated carbocycles. The maximum absolute atomic E-state index is 5.80. The molecular formula is C13H19N3. The highest BCUT2D eigenvalue weighted by Crippen LogP contribution is 2.18. The van der Waals surface area contributed by atoms with Crippen LogP contribution in [0.3, 0.4) is 0 Å². The third-order valence-electron chi connectivity index (χ3n) is 3.06. The molecule has 0 amide bonds. The molecule has 1 aromatic heterocycles. The van der Waals surface area contributed by atoms with Gasteiger partial charge < -0.3 is 10.6 Å². The predicted molar refractivity (Wildman–Crippen MR) is 67.4 cm³/mol. The van der Waals surface area contributed by atoms with E-state index in [9.17, 15) is 0 Å². The second-order valence-electron chi connectivity index (χ2n) is 4.48. The van der Waals surface area contributed by atoms with Crippen molar-refractivity contribution in [2.45, 2.75) is 26.3 Å². The van der Waals surface area contributed by atoms with Crippen molar-refractivity contribution in [3.8, 4) is 0 Å². The zero-order valence-electron chi connectivity index (χ0n) is 9.98. The van der Waals surface area contributed by atoms with E-state index >= 15 is 0 Å². The van der Waals surface area contributed by atoms with E-state index in [0.717, 1.165) is 30.9 Å². The molecule has 16 heavy (non-hydrogen) atoms. The van der Waals surface area contributed by atoms with Gasteiger partial charge in [0.25, 0.3) is 0 Å². The molecule has 0 fully saturated rings. The van der Waals surface area contributed by atoms with Crippen molar-refractivity contribution in [3.05, 3.63) is 35.5 Å². The lowest BCUT2D eigenvalue weighted by atomic mass is 10.1. The second kappa shape index (κ2) is 4.66. The molecule has 0 saturated heterocycles. The molecule has 86 valence electrons. The topological polar surface area (TPSA) is 42.1 Å². The van der Waals surface area contributed by atoms with E-state index < -0.39 is 0 Å². The Morgan fingerprint density at radius 2 is 2.25 bits per heavy atom. The van der Waals surface area contributed by atoms with Crippen molar-refractivity contribution in [1.82, 2.24) is 4.98 Å². The van der Waals surface area contributed by atoms with Crippen LogP contribution in [0.2, 0.25) is 0 Å². The number of hydrogen-bond donors (Lipinski definition) is 1. The van der Waals surface area contributed by atoms with Crippen molar-refractivity contribution >= 4 is 5.82 Å². The van der Waals surface area contributed by atoms with E-state index in [1.54, 1.807) is 0 Å². The van der Waals surface area contributed by atoms with Crippen LogP contribution in [-0.2, 0) is 0 Å². The highest BCUT2D eigenvalue weighted by atomic mass is 15.2. The summed E-state index contributed by atoms with van der Waals surface area (Å²) in [7, 11) is 0. The van der Waals surface area contributed by atoms with Crippen LogP contribution < -0.4 is 10.6 Å². The van der Waals surface area contributed by atoms with Gasteiger partial charge in [0.1, 0.15) is 5.82 Å². The molecule has 2 heterocycles. The summed E-state index contributed by atoms with van der Waals surface area (Å²) in [5.74, 6) is 1.05. The third kappa shape index (κ3) is 2.42.